The molecule has 0 aliphatic heterocycles. The largest absolute Gasteiger partial charge is 0.445 e. The highest BCUT2D eigenvalue weighted by atomic mass is 28.3. The van der Waals surface area contributed by atoms with Gasteiger partial charge in [0.15, 0.2) is 0 Å². The Balaban J connectivity index is 2.20. The van der Waals surface area contributed by atoms with E-state index in [0.29, 0.717) is 6.61 Å². The van der Waals surface area contributed by atoms with Crippen LogP contribution in [0, 0.1) is 11.5 Å². The first-order chi connectivity index (χ1) is 14.6. The number of aliphatic hydroxyl groups excluding tert-OH is 1. The first kappa shape index (κ1) is 24.7. The van der Waals surface area contributed by atoms with E-state index in [4.69, 9.17) is 9.47 Å². The zero-order valence-corrected chi connectivity index (χ0v) is 20.0. The smallest absolute Gasteiger partial charge is 0.408 e. The van der Waals surface area contributed by atoms with E-state index in [1.807, 2.05) is 60.7 Å². The summed E-state index contributed by atoms with van der Waals surface area (Å²) in [6.45, 7) is 10.2. The van der Waals surface area contributed by atoms with E-state index in [9.17, 15) is 9.90 Å². The first-order valence-corrected chi connectivity index (χ1v) is 14.0. The van der Waals surface area contributed by atoms with Gasteiger partial charge in [-0.3, -0.25) is 0 Å². The number of rotatable bonds is 8. The van der Waals surface area contributed by atoms with Crippen molar-refractivity contribution in [1.29, 1.82) is 0 Å². The van der Waals surface area contributed by atoms with Crippen molar-refractivity contribution in [2.75, 3.05) is 0 Å². The van der Waals surface area contributed by atoms with Gasteiger partial charge in [0.05, 0.1) is 12.7 Å². The Bertz CT molecular complexity index is 884. The van der Waals surface area contributed by atoms with E-state index in [1.54, 1.807) is 13.8 Å². The van der Waals surface area contributed by atoms with Gasteiger partial charge in [0.2, 0.25) is 0 Å². The van der Waals surface area contributed by atoms with Gasteiger partial charge < -0.3 is 19.9 Å². The molecule has 2 rings (SSSR count). The quantitative estimate of drug-likeness (QED) is 0.469. The summed E-state index contributed by atoms with van der Waals surface area (Å²) in [6, 6.07) is 19.2. The van der Waals surface area contributed by atoms with Crippen LogP contribution in [0.2, 0.25) is 19.6 Å². The van der Waals surface area contributed by atoms with Gasteiger partial charge >= 0.3 is 6.09 Å². The molecule has 0 aliphatic rings. The van der Waals surface area contributed by atoms with Crippen LogP contribution in [-0.2, 0) is 22.7 Å². The summed E-state index contributed by atoms with van der Waals surface area (Å²) in [6.07, 6.45) is -2.22. The molecule has 0 radical (unpaired) electrons. The van der Waals surface area contributed by atoms with E-state index in [-0.39, 0.29) is 6.61 Å². The van der Waals surface area contributed by atoms with Gasteiger partial charge in [0, 0.05) is 0 Å². The number of benzene rings is 2. The second-order valence-corrected chi connectivity index (χ2v) is 13.6. The molecule has 0 heterocycles. The van der Waals surface area contributed by atoms with Crippen molar-refractivity contribution in [3.05, 3.63) is 71.8 Å². The van der Waals surface area contributed by atoms with E-state index < -0.39 is 31.9 Å². The third kappa shape index (κ3) is 8.58. The lowest BCUT2D eigenvalue weighted by Crippen LogP contribution is -2.58. The summed E-state index contributed by atoms with van der Waals surface area (Å²) < 4.78 is 11.5. The normalized spacial score (nSPS) is 15.0. The van der Waals surface area contributed by atoms with Crippen LogP contribution < -0.4 is 5.32 Å². The zero-order valence-electron chi connectivity index (χ0n) is 19.0. The van der Waals surface area contributed by atoms with E-state index in [0.717, 1.165) is 11.1 Å². The molecule has 0 aliphatic carbocycles. The highest BCUT2D eigenvalue weighted by Crippen LogP contribution is 2.20. The van der Waals surface area contributed by atoms with Crippen LogP contribution in [0.1, 0.15) is 25.0 Å². The van der Waals surface area contributed by atoms with Crippen molar-refractivity contribution >= 4 is 14.2 Å². The second-order valence-electron chi connectivity index (χ2n) is 8.85. The first-order valence-electron chi connectivity index (χ1n) is 10.5. The standard InChI is InChI=1S/C25H33NO4Si/c1-20(27)23(29-18-21-12-8-6-9-13-21)25(2,16-17-31(3,4)5)26-24(28)30-19-22-14-10-7-11-15-22/h6-15,20,23,27H,18-19H2,1-5H3,(H,26,28)/t20-,23-,25+/m1/s1. The fraction of sp³-hybridized carbons (Fsp3) is 0.400. The zero-order chi connectivity index (χ0) is 22.9. The molecule has 2 aromatic rings. The lowest BCUT2D eigenvalue weighted by Gasteiger charge is -2.36. The lowest BCUT2D eigenvalue weighted by molar-refractivity contribution is -0.0693. The maximum Gasteiger partial charge on any atom is 0.408 e. The topological polar surface area (TPSA) is 67.8 Å². The second kappa shape index (κ2) is 11.1. The van der Waals surface area contributed by atoms with Crippen LogP contribution in [-0.4, -0.2) is 37.0 Å². The van der Waals surface area contributed by atoms with Gasteiger partial charge in [0.1, 0.15) is 26.3 Å². The monoisotopic (exact) mass is 439 g/mol. The Morgan fingerprint density at radius 2 is 1.55 bits per heavy atom. The van der Waals surface area contributed by atoms with Gasteiger partial charge in [0.25, 0.3) is 0 Å². The fourth-order valence-corrected chi connectivity index (χ4v) is 3.65. The number of carbonyl (C=O) groups excluding carboxylic acids is 1. The van der Waals surface area contributed by atoms with Crippen LogP contribution >= 0.6 is 0 Å². The summed E-state index contributed by atoms with van der Waals surface area (Å²) in [5, 5.41) is 13.4. The van der Waals surface area contributed by atoms with E-state index in [2.05, 4.69) is 36.4 Å². The molecular formula is C25H33NO4Si. The van der Waals surface area contributed by atoms with Crippen LogP contribution in [0.5, 0.6) is 0 Å². The van der Waals surface area contributed by atoms with Crippen molar-refractivity contribution in [3.63, 3.8) is 0 Å². The molecule has 31 heavy (non-hydrogen) atoms. The molecular weight excluding hydrogens is 406 g/mol. The van der Waals surface area contributed by atoms with E-state index in [1.165, 1.54) is 0 Å². The lowest BCUT2D eigenvalue weighted by atomic mass is 9.92. The van der Waals surface area contributed by atoms with Crippen molar-refractivity contribution in [2.24, 2.45) is 0 Å². The molecule has 3 atom stereocenters. The highest BCUT2D eigenvalue weighted by Gasteiger charge is 2.39. The Labute approximate surface area is 186 Å². The molecule has 1 amide bonds. The summed E-state index contributed by atoms with van der Waals surface area (Å²) in [5.41, 5.74) is 4.04. The summed E-state index contributed by atoms with van der Waals surface area (Å²) in [4.78, 5) is 12.6. The molecule has 2 aromatic carbocycles. The number of hydrogen-bond donors (Lipinski definition) is 2. The maximum absolute atomic E-state index is 12.6. The van der Waals surface area contributed by atoms with Gasteiger partial charge in [-0.1, -0.05) is 86.2 Å². The van der Waals surface area contributed by atoms with E-state index >= 15 is 0 Å². The molecule has 166 valence electrons. The predicted octanol–water partition coefficient (Wildman–Crippen LogP) is 4.52. The number of hydrogen-bond acceptors (Lipinski definition) is 4. The molecule has 0 saturated heterocycles. The molecule has 0 spiro atoms. The Morgan fingerprint density at radius 1 is 1.03 bits per heavy atom. The SMILES string of the molecule is C[C@@H](O)[C@@H](OCc1ccccc1)[C@](C)(C#C[Si](C)(C)C)NC(=O)OCc1ccccc1. The summed E-state index contributed by atoms with van der Waals surface area (Å²) >= 11 is 0. The van der Waals surface area contributed by atoms with Crippen LogP contribution in [0.4, 0.5) is 4.79 Å². The molecule has 0 saturated carbocycles. The third-order valence-corrected chi connectivity index (χ3v) is 5.43. The van der Waals surface area contributed by atoms with Crippen LogP contribution in [0.25, 0.3) is 0 Å². The number of carbonyl (C=O) groups is 1. The Kier molecular flexibility index (Phi) is 8.87. The van der Waals surface area contributed by atoms with Crippen molar-refractivity contribution in [3.8, 4) is 11.5 Å². The minimum Gasteiger partial charge on any atom is -0.445 e. The maximum atomic E-state index is 12.6. The Morgan fingerprint density at radius 3 is 2.03 bits per heavy atom. The minimum atomic E-state index is -1.75. The highest BCUT2D eigenvalue weighted by molar-refractivity contribution is 6.83. The minimum absolute atomic E-state index is 0.147. The Hall–Kier alpha value is -2.59. The summed E-state index contributed by atoms with van der Waals surface area (Å²) in [7, 11) is -1.75. The molecule has 5 nitrogen and oxygen atoms in total. The van der Waals surface area contributed by atoms with Gasteiger partial charge in [-0.15, -0.1) is 5.54 Å². The van der Waals surface area contributed by atoms with Crippen LogP contribution in [0.3, 0.4) is 0 Å². The molecule has 6 heteroatoms. The number of alkyl carbamates (subject to hydrolysis) is 1. The van der Waals surface area contributed by atoms with Crippen molar-refractivity contribution in [1.82, 2.24) is 5.32 Å². The average molecular weight is 440 g/mol. The third-order valence-electron chi connectivity index (χ3n) is 4.55. The molecule has 2 N–H and O–H groups in total. The average Bonchev–Trinajstić information content (AvgIpc) is 2.72. The fourth-order valence-electron chi connectivity index (χ4n) is 3.01. The molecule has 0 unspecified atom stereocenters. The van der Waals surface area contributed by atoms with Gasteiger partial charge in [-0.2, -0.15) is 0 Å². The number of ether oxygens (including phenoxy) is 2. The number of nitrogens with one attached hydrogen (secondary N) is 1. The molecule has 0 bridgehead atoms. The predicted molar refractivity (Wildman–Crippen MR) is 126 cm³/mol. The van der Waals surface area contributed by atoms with Crippen LogP contribution in [0.15, 0.2) is 60.7 Å². The molecule has 0 aromatic heterocycles. The van der Waals surface area contributed by atoms with Gasteiger partial charge in [-0.05, 0) is 25.0 Å². The van der Waals surface area contributed by atoms with Crippen molar-refractivity contribution < 1.29 is 19.4 Å². The summed E-state index contributed by atoms with van der Waals surface area (Å²) in [5.74, 6) is 3.20. The molecule has 0 fully saturated rings. The number of amides is 1. The van der Waals surface area contributed by atoms with Crippen molar-refractivity contribution in [2.45, 2.75) is 64.4 Å². The number of aliphatic hydroxyl groups is 1. The van der Waals surface area contributed by atoms with Gasteiger partial charge in [-0.25, -0.2) is 4.79 Å².